The number of amides is 1. The Bertz CT molecular complexity index is 718. The lowest BCUT2D eigenvalue weighted by Crippen LogP contribution is -2.45. The van der Waals surface area contributed by atoms with Gasteiger partial charge in [0.15, 0.2) is 6.61 Å². The summed E-state index contributed by atoms with van der Waals surface area (Å²) in [5.41, 5.74) is 2.82. The van der Waals surface area contributed by atoms with Crippen molar-refractivity contribution < 1.29 is 9.53 Å². The molecule has 0 saturated carbocycles. The van der Waals surface area contributed by atoms with Crippen molar-refractivity contribution in [3.05, 3.63) is 64.7 Å². The number of carbonyl (C=O) groups is 1. The molecule has 5 heteroatoms. The smallest absolute Gasteiger partial charge is 0.257 e. The molecule has 0 radical (unpaired) electrons. The highest BCUT2D eigenvalue weighted by atomic mass is 35.5. The van der Waals surface area contributed by atoms with Crippen LogP contribution in [0.15, 0.2) is 48.5 Å². The monoisotopic (exact) mass is 358 g/mol. The summed E-state index contributed by atoms with van der Waals surface area (Å²) in [5, 5.41) is 3.60. The number of fused-ring (bicyclic) bond motifs is 1. The summed E-state index contributed by atoms with van der Waals surface area (Å²) in [4.78, 5) is 14.4. The van der Waals surface area contributed by atoms with E-state index in [1.54, 1.807) is 24.3 Å². The van der Waals surface area contributed by atoms with Gasteiger partial charge in [-0.3, -0.25) is 9.69 Å². The van der Waals surface area contributed by atoms with Crippen molar-refractivity contribution in [2.45, 2.75) is 25.9 Å². The molecule has 1 N–H and O–H groups in total. The molecule has 132 valence electrons. The normalized spacial score (nSPS) is 15.3. The first kappa shape index (κ1) is 17.8. The van der Waals surface area contributed by atoms with Gasteiger partial charge < -0.3 is 10.1 Å². The lowest BCUT2D eigenvalue weighted by atomic mass is 9.99. The molecular formula is C20H23ClN2O2. The predicted octanol–water partition coefficient (Wildman–Crippen LogP) is 3.28. The van der Waals surface area contributed by atoms with Gasteiger partial charge in [-0.2, -0.15) is 0 Å². The molecule has 1 aliphatic heterocycles. The van der Waals surface area contributed by atoms with Crippen molar-refractivity contribution in [3.8, 4) is 5.75 Å². The molecule has 2 aromatic carbocycles. The maximum atomic E-state index is 12.0. The molecule has 1 atom stereocenters. The Balaban J connectivity index is 1.42. The number of benzene rings is 2. The zero-order valence-corrected chi connectivity index (χ0v) is 15.1. The molecule has 1 amide bonds. The van der Waals surface area contributed by atoms with E-state index < -0.39 is 0 Å². The third-order valence-electron chi connectivity index (χ3n) is 4.56. The summed E-state index contributed by atoms with van der Waals surface area (Å²) in [7, 11) is 0. The predicted molar refractivity (Wildman–Crippen MR) is 100.0 cm³/mol. The third kappa shape index (κ3) is 4.97. The van der Waals surface area contributed by atoms with Gasteiger partial charge in [-0.15, -0.1) is 0 Å². The van der Waals surface area contributed by atoms with E-state index in [-0.39, 0.29) is 18.6 Å². The van der Waals surface area contributed by atoms with E-state index in [2.05, 4.69) is 41.4 Å². The van der Waals surface area contributed by atoms with Crippen LogP contribution in [0, 0.1) is 0 Å². The fourth-order valence-electron chi connectivity index (χ4n) is 3.02. The highest BCUT2D eigenvalue weighted by molar-refractivity contribution is 6.30. The van der Waals surface area contributed by atoms with Crippen molar-refractivity contribution in [2.24, 2.45) is 0 Å². The van der Waals surface area contributed by atoms with Crippen LogP contribution in [-0.2, 0) is 17.8 Å². The molecule has 1 aliphatic rings. The van der Waals surface area contributed by atoms with Gasteiger partial charge in [-0.1, -0.05) is 35.9 Å². The zero-order valence-electron chi connectivity index (χ0n) is 14.4. The van der Waals surface area contributed by atoms with Crippen molar-refractivity contribution in [2.75, 3.05) is 19.7 Å². The van der Waals surface area contributed by atoms with Crippen LogP contribution in [0.1, 0.15) is 18.1 Å². The van der Waals surface area contributed by atoms with E-state index in [9.17, 15) is 4.79 Å². The molecule has 3 rings (SSSR count). The van der Waals surface area contributed by atoms with Crippen molar-refractivity contribution in [1.29, 1.82) is 0 Å². The number of carbonyl (C=O) groups excluding carboxylic acids is 1. The van der Waals surface area contributed by atoms with Gasteiger partial charge in [0, 0.05) is 30.7 Å². The van der Waals surface area contributed by atoms with E-state index in [1.165, 1.54) is 11.1 Å². The fourth-order valence-corrected chi connectivity index (χ4v) is 3.14. The number of rotatable bonds is 6. The molecule has 0 spiro atoms. The number of nitrogens with one attached hydrogen (secondary N) is 1. The fraction of sp³-hybridized carbons (Fsp3) is 0.350. The van der Waals surface area contributed by atoms with Crippen LogP contribution in [0.3, 0.4) is 0 Å². The van der Waals surface area contributed by atoms with Crippen molar-refractivity contribution >= 4 is 17.5 Å². The van der Waals surface area contributed by atoms with Gasteiger partial charge in [0.05, 0.1) is 0 Å². The van der Waals surface area contributed by atoms with Gasteiger partial charge in [-0.05, 0) is 48.7 Å². The standard InChI is InChI=1S/C20H23ClN2O2/c1-15(23-11-10-16-4-2-3-5-17(16)13-23)12-22-20(24)14-25-19-8-6-18(21)7-9-19/h2-9,15H,10-14H2,1H3,(H,22,24)/t15-/m0/s1. The molecule has 0 aromatic heterocycles. The minimum absolute atomic E-state index is 0.0111. The van der Waals surface area contributed by atoms with Crippen LogP contribution < -0.4 is 10.1 Å². The molecule has 0 unspecified atom stereocenters. The minimum atomic E-state index is -0.112. The first-order valence-corrected chi connectivity index (χ1v) is 8.95. The van der Waals surface area contributed by atoms with Gasteiger partial charge in [-0.25, -0.2) is 0 Å². The summed E-state index contributed by atoms with van der Waals surface area (Å²) in [6.45, 7) is 4.74. The maximum absolute atomic E-state index is 12.0. The Hall–Kier alpha value is -2.04. The molecule has 4 nitrogen and oxygen atoms in total. The molecule has 0 fully saturated rings. The van der Waals surface area contributed by atoms with E-state index in [4.69, 9.17) is 16.3 Å². The second kappa shape index (κ2) is 8.37. The topological polar surface area (TPSA) is 41.6 Å². The molecule has 0 aliphatic carbocycles. The third-order valence-corrected chi connectivity index (χ3v) is 4.81. The SMILES string of the molecule is C[C@@H](CNC(=O)COc1ccc(Cl)cc1)N1CCc2ccccc2C1. The van der Waals surface area contributed by atoms with Gasteiger partial charge >= 0.3 is 0 Å². The maximum Gasteiger partial charge on any atom is 0.257 e. The highest BCUT2D eigenvalue weighted by Crippen LogP contribution is 2.20. The van der Waals surface area contributed by atoms with Gasteiger partial charge in [0.2, 0.25) is 0 Å². The summed E-state index contributed by atoms with van der Waals surface area (Å²) in [5.74, 6) is 0.527. The molecule has 1 heterocycles. The number of hydrogen-bond acceptors (Lipinski definition) is 3. The lowest BCUT2D eigenvalue weighted by molar-refractivity contribution is -0.123. The number of nitrogens with zero attached hydrogens (tertiary/aromatic N) is 1. The van der Waals surface area contributed by atoms with E-state index >= 15 is 0 Å². The summed E-state index contributed by atoms with van der Waals surface area (Å²) < 4.78 is 5.46. The summed E-state index contributed by atoms with van der Waals surface area (Å²) in [6, 6.07) is 15.8. The van der Waals surface area contributed by atoms with Crippen LogP contribution in [0.4, 0.5) is 0 Å². The molecule has 0 bridgehead atoms. The van der Waals surface area contributed by atoms with Gasteiger partial charge in [0.25, 0.3) is 5.91 Å². The summed E-state index contributed by atoms with van der Waals surface area (Å²) >= 11 is 5.82. The lowest BCUT2D eigenvalue weighted by Gasteiger charge is -2.33. The average molecular weight is 359 g/mol. The number of ether oxygens (including phenoxy) is 1. The van der Waals surface area contributed by atoms with Crippen LogP contribution in [-0.4, -0.2) is 36.5 Å². The summed E-state index contributed by atoms with van der Waals surface area (Å²) in [6.07, 6.45) is 1.06. The average Bonchev–Trinajstić information content (AvgIpc) is 2.65. The Kier molecular flexibility index (Phi) is 5.95. The van der Waals surface area contributed by atoms with E-state index in [1.807, 2.05) is 0 Å². The molecular weight excluding hydrogens is 336 g/mol. The molecule has 0 saturated heterocycles. The first-order chi connectivity index (χ1) is 12.1. The van der Waals surface area contributed by atoms with Crippen molar-refractivity contribution in [1.82, 2.24) is 10.2 Å². The highest BCUT2D eigenvalue weighted by Gasteiger charge is 2.20. The zero-order chi connectivity index (χ0) is 17.6. The second-order valence-electron chi connectivity index (χ2n) is 6.38. The largest absolute Gasteiger partial charge is 0.484 e. The number of halogens is 1. The van der Waals surface area contributed by atoms with Crippen LogP contribution in [0.25, 0.3) is 0 Å². The van der Waals surface area contributed by atoms with Crippen LogP contribution in [0.5, 0.6) is 5.75 Å². The Morgan fingerprint density at radius 2 is 1.92 bits per heavy atom. The van der Waals surface area contributed by atoms with Crippen LogP contribution in [0.2, 0.25) is 5.02 Å². The van der Waals surface area contributed by atoms with E-state index in [0.717, 1.165) is 19.5 Å². The quantitative estimate of drug-likeness (QED) is 0.861. The number of hydrogen-bond donors (Lipinski definition) is 1. The molecule has 25 heavy (non-hydrogen) atoms. The second-order valence-corrected chi connectivity index (χ2v) is 6.82. The Morgan fingerprint density at radius 1 is 1.20 bits per heavy atom. The van der Waals surface area contributed by atoms with Gasteiger partial charge in [0.1, 0.15) is 5.75 Å². The Morgan fingerprint density at radius 3 is 2.68 bits per heavy atom. The molecule has 2 aromatic rings. The Labute approximate surface area is 153 Å². The minimum Gasteiger partial charge on any atom is -0.484 e. The van der Waals surface area contributed by atoms with Crippen molar-refractivity contribution in [3.63, 3.8) is 0 Å². The first-order valence-electron chi connectivity index (χ1n) is 8.58. The van der Waals surface area contributed by atoms with E-state index in [0.29, 0.717) is 17.3 Å². The van der Waals surface area contributed by atoms with Crippen LogP contribution >= 0.6 is 11.6 Å².